The molecular formula is C11H14N2O3. The van der Waals surface area contributed by atoms with Gasteiger partial charge in [0.15, 0.2) is 0 Å². The van der Waals surface area contributed by atoms with Gasteiger partial charge >= 0.3 is 5.97 Å². The highest BCUT2D eigenvalue weighted by Crippen LogP contribution is 2.27. The zero-order valence-electron chi connectivity index (χ0n) is 8.77. The summed E-state index contributed by atoms with van der Waals surface area (Å²) in [7, 11) is 0. The van der Waals surface area contributed by atoms with Crippen LogP contribution in [0.5, 0.6) is 5.75 Å². The zero-order chi connectivity index (χ0) is 11.5. The van der Waals surface area contributed by atoms with E-state index in [1.165, 1.54) is 0 Å². The lowest BCUT2D eigenvalue weighted by molar-refractivity contribution is -0.138. The van der Waals surface area contributed by atoms with Crippen LogP contribution in [0.4, 0.5) is 5.69 Å². The summed E-state index contributed by atoms with van der Waals surface area (Å²) in [6.45, 7) is 0.933. The van der Waals surface area contributed by atoms with Gasteiger partial charge in [-0.3, -0.25) is 4.79 Å². The van der Waals surface area contributed by atoms with Crippen molar-refractivity contribution in [3.8, 4) is 5.75 Å². The lowest BCUT2D eigenvalue weighted by Crippen LogP contribution is -2.36. The molecule has 0 saturated carbocycles. The van der Waals surface area contributed by atoms with Gasteiger partial charge in [0.05, 0.1) is 6.61 Å². The van der Waals surface area contributed by atoms with Crippen molar-refractivity contribution in [2.24, 2.45) is 5.73 Å². The predicted octanol–water partition coefficient (Wildman–Crippen LogP) is 0.445. The van der Waals surface area contributed by atoms with E-state index in [1.807, 2.05) is 18.2 Å². The van der Waals surface area contributed by atoms with Crippen molar-refractivity contribution in [2.45, 2.75) is 12.5 Å². The number of aliphatic carboxylic acids is 1. The maximum absolute atomic E-state index is 10.5. The lowest BCUT2D eigenvalue weighted by atomic mass is 10.1. The first-order chi connectivity index (χ1) is 7.66. The van der Waals surface area contributed by atoms with E-state index in [2.05, 4.69) is 5.32 Å². The molecule has 0 fully saturated rings. The molecule has 1 unspecified atom stereocenters. The number of nitrogens with one attached hydrogen (secondary N) is 1. The third-order valence-corrected chi connectivity index (χ3v) is 2.53. The van der Waals surface area contributed by atoms with Crippen LogP contribution in [-0.4, -0.2) is 30.3 Å². The van der Waals surface area contributed by atoms with Gasteiger partial charge in [0, 0.05) is 18.7 Å². The quantitative estimate of drug-likeness (QED) is 0.688. The number of carboxylic acid groups (broad SMARTS) is 1. The van der Waals surface area contributed by atoms with Gasteiger partial charge < -0.3 is 20.9 Å². The highest BCUT2D eigenvalue weighted by molar-refractivity contribution is 5.74. The number of carboxylic acids is 1. The summed E-state index contributed by atoms with van der Waals surface area (Å²) in [5.74, 6) is -0.0925. The number of ether oxygens (including phenoxy) is 1. The number of hydrogen-bond donors (Lipinski definition) is 3. The predicted molar refractivity (Wildman–Crippen MR) is 59.7 cm³/mol. The molecule has 86 valence electrons. The number of benzene rings is 1. The highest BCUT2D eigenvalue weighted by Gasteiger charge is 2.13. The topological polar surface area (TPSA) is 84.6 Å². The molecule has 1 atom stereocenters. The Balaban J connectivity index is 1.98. The molecule has 0 amide bonds. The van der Waals surface area contributed by atoms with Gasteiger partial charge in [0.1, 0.15) is 11.8 Å². The number of fused-ring (bicyclic) bond motifs is 1. The van der Waals surface area contributed by atoms with Crippen LogP contribution >= 0.6 is 0 Å². The molecule has 2 rings (SSSR count). The molecule has 1 heterocycles. The molecule has 5 nitrogen and oxygen atoms in total. The first kappa shape index (κ1) is 10.8. The molecule has 1 aromatic carbocycles. The number of anilines is 1. The Morgan fingerprint density at radius 3 is 3.19 bits per heavy atom. The largest absolute Gasteiger partial charge is 0.493 e. The summed E-state index contributed by atoms with van der Waals surface area (Å²) in [4.78, 5) is 10.5. The fraction of sp³-hybridized carbons (Fsp3) is 0.364. The summed E-state index contributed by atoms with van der Waals surface area (Å²) in [5.41, 5.74) is 7.41. The van der Waals surface area contributed by atoms with E-state index in [-0.39, 0.29) is 6.54 Å². The highest BCUT2D eigenvalue weighted by atomic mass is 16.5. The monoisotopic (exact) mass is 222 g/mol. The maximum atomic E-state index is 10.5. The summed E-state index contributed by atoms with van der Waals surface area (Å²) >= 11 is 0. The van der Waals surface area contributed by atoms with E-state index in [0.29, 0.717) is 6.61 Å². The van der Waals surface area contributed by atoms with Gasteiger partial charge in [-0.05, 0) is 23.8 Å². The van der Waals surface area contributed by atoms with E-state index >= 15 is 0 Å². The Labute approximate surface area is 93.2 Å². The Bertz CT molecular complexity index is 406. The summed E-state index contributed by atoms with van der Waals surface area (Å²) in [5, 5.41) is 11.6. The van der Waals surface area contributed by atoms with E-state index in [0.717, 1.165) is 23.4 Å². The minimum absolute atomic E-state index is 0.217. The van der Waals surface area contributed by atoms with E-state index in [1.54, 1.807) is 0 Å². The average molecular weight is 222 g/mol. The van der Waals surface area contributed by atoms with Crippen LogP contribution in [0.3, 0.4) is 0 Å². The number of carbonyl (C=O) groups is 1. The van der Waals surface area contributed by atoms with Crippen molar-refractivity contribution in [2.75, 3.05) is 18.5 Å². The number of rotatable bonds is 4. The van der Waals surface area contributed by atoms with Gasteiger partial charge in [-0.2, -0.15) is 0 Å². The third-order valence-electron chi connectivity index (χ3n) is 2.53. The molecular weight excluding hydrogens is 208 g/mol. The fourth-order valence-electron chi connectivity index (χ4n) is 1.61. The summed E-state index contributed by atoms with van der Waals surface area (Å²) in [6, 6.07) is 4.83. The zero-order valence-corrected chi connectivity index (χ0v) is 8.77. The molecule has 0 spiro atoms. The van der Waals surface area contributed by atoms with Crippen LogP contribution in [0.1, 0.15) is 5.56 Å². The Kier molecular flexibility index (Phi) is 2.96. The van der Waals surface area contributed by atoms with E-state index in [4.69, 9.17) is 15.6 Å². The van der Waals surface area contributed by atoms with Gasteiger partial charge in [-0.15, -0.1) is 0 Å². The van der Waals surface area contributed by atoms with Crippen molar-refractivity contribution >= 4 is 11.7 Å². The van der Waals surface area contributed by atoms with Crippen LogP contribution in [0.25, 0.3) is 0 Å². The van der Waals surface area contributed by atoms with E-state index in [9.17, 15) is 4.79 Å². The Morgan fingerprint density at radius 1 is 1.62 bits per heavy atom. The van der Waals surface area contributed by atoms with Crippen LogP contribution in [-0.2, 0) is 11.2 Å². The first-order valence-corrected chi connectivity index (χ1v) is 5.15. The fourth-order valence-corrected chi connectivity index (χ4v) is 1.61. The van der Waals surface area contributed by atoms with Crippen molar-refractivity contribution in [1.29, 1.82) is 0 Å². The van der Waals surface area contributed by atoms with Gasteiger partial charge in [0.2, 0.25) is 0 Å². The van der Waals surface area contributed by atoms with Crippen LogP contribution < -0.4 is 15.8 Å². The second-order valence-electron chi connectivity index (χ2n) is 3.75. The Hall–Kier alpha value is -1.75. The standard InChI is InChI=1S/C11H14N2O3/c12-9(11(14)15)6-13-8-1-2-10-7(5-8)3-4-16-10/h1-2,5,9,13H,3-4,6,12H2,(H,14,15). The van der Waals surface area contributed by atoms with Crippen molar-refractivity contribution in [3.63, 3.8) is 0 Å². The maximum Gasteiger partial charge on any atom is 0.322 e. The second kappa shape index (κ2) is 4.40. The van der Waals surface area contributed by atoms with Crippen molar-refractivity contribution in [3.05, 3.63) is 23.8 Å². The minimum Gasteiger partial charge on any atom is -0.493 e. The second-order valence-corrected chi connectivity index (χ2v) is 3.75. The molecule has 4 N–H and O–H groups in total. The van der Waals surface area contributed by atoms with Crippen LogP contribution in [0.15, 0.2) is 18.2 Å². The molecule has 0 bridgehead atoms. The average Bonchev–Trinajstić information content (AvgIpc) is 2.72. The van der Waals surface area contributed by atoms with Crippen molar-refractivity contribution in [1.82, 2.24) is 0 Å². The van der Waals surface area contributed by atoms with E-state index < -0.39 is 12.0 Å². The van der Waals surface area contributed by atoms with Crippen molar-refractivity contribution < 1.29 is 14.6 Å². The minimum atomic E-state index is -1.00. The SMILES string of the molecule is NC(CNc1ccc2c(c1)CCO2)C(=O)O. The smallest absolute Gasteiger partial charge is 0.322 e. The Morgan fingerprint density at radius 2 is 2.44 bits per heavy atom. The number of hydrogen-bond acceptors (Lipinski definition) is 4. The molecule has 0 saturated heterocycles. The third kappa shape index (κ3) is 2.25. The lowest BCUT2D eigenvalue weighted by Gasteiger charge is -2.10. The molecule has 1 aliphatic heterocycles. The molecule has 16 heavy (non-hydrogen) atoms. The van der Waals surface area contributed by atoms with Gasteiger partial charge in [-0.25, -0.2) is 0 Å². The molecule has 1 aromatic rings. The molecule has 0 aliphatic carbocycles. The van der Waals surface area contributed by atoms with Crippen LogP contribution in [0.2, 0.25) is 0 Å². The van der Waals surface area contributed by atoms with Gasteiger partial charge in [0.25, 0.3) is 0 Å². The molecule has 5 heteroatoms. The molecule has 1 aliphatic rings. The summed E-state index contributed by atoms with van der Waals surface area (Å²) in [6.07, 6.45) is 0.899. The normalized spacial score (nSPS) is 15.1. The first-order valence-electron chi connectivity index (χ1n) is 5.15. The van der Waals surface area contributed by atoms with Gasteiger partial charge in [-0.1, -0.05) is 0 Å². The molecule has 0 aromatic heterocycles. The number of nitrogens with two attached hydrogens (primary N) is 1. The summed E-state index contributed by atoms with van der Waals surface area (Å²) < 4.78 is 5.37. The van der Waals surface area contributed by atoms with Crippen LogP contribution in [0, 0.1) is 0 Å². The molecule has 0 radical (unpaired) electrons.